The Morgan fingerprint density at radius 1 is 1.35 bits per heavy atom. The lowest BCUT2D eigenvalue weighted by atomic mass is 10.1. The molecular formula is C16H20ClN3. The summed E-state index contributed by atoms with van der Waals surface area (Å²) >= 11 is 6.06. The fourth-order valence-electron chi connectivity index (χ4n) is 2.95. The van der Waals surface area contributed by atoms with Crippen molar-refractivity contribution in [2.75, 3.05) is 5.32 Å². The van der Waals surface area contributed by atoms with E-state index in [1.807, 2.05) is 24.4 Å². The maximum absolute atomic E-state index is 6.06. The minimum Gasteiger partial charge on any atom is -0.349 e. The molecule has 3 nitrogen and oxygen atoms in total. The van der Waals surface area contributed by atoms with Gasteiger partial charge in [-0.3, -0.25) is 0 Å². The number of rotatable bonds is 4. The average Bonchev–Trinajstić information content (AvgIpc) is 3.08. The molecule has 1 aromatic heterocycles. The first kappa shape index (κ1) is 13.5. The Kier molecular flexibility index (Phi) is 3.97. The molecule has 0 saturated heterocycles. The van der Waals surface area contributed by atoms with E-state index in [4.69, 9.17) is 11.6 Å². The number of halogens is 1. The van der Waals surface area contributed by atoms with Crippen LogP contribution in [0, 0.1) is 0 Å². The second-order valence-electron chi connectivity index (χ2n) is 5.52. The van der Waals surface area contributed by atoms with Gasteiger partial charge in [0.2, 0.25) is 5.95 Å². The standard InChI is InChI=1S/C16H20ClN3/c1-12(13-5-4-6-14(17)11-13)19-16-18-9-10-20(16)15-7-2-3-8-15/h4-6,9-12,15H,2-3,7-8H2,1H3,(H,18,19). The van der Waals surface area contributed by atoms with Gasteiger partial charge >= 0.3 is 0 Å². The number of anilines is 1. The second kappa shape index (κ2) is 5.88. The Bertz CT molecular complexity index is 573. The fraction of sp³-hybridized carbons (Fsp3) is 0.438. The van der Waals surface area contributed by atoms with Crippen molar-refractivity contribution in [1.82, 2.24) is 9.55 Å². The van der Waals surface area contributed by atoms with Crippen molar-refractivity contribution in [3.05, 3.63) is 47.2 Å². The molecule has 0 spiro atoms. The molecule has 1 aliphatic rings. The predicted molar refractivity (Wildman–Crippen MR) is 83.2 cm³/mol. The van der Waals surface area contributed by atoms with Crippen LogP contribution in [0.25, 0.3) is 0 Å². The summed E-state index contributed by atoms with van der Waals surface area (Å²) in [6.45, 7) is 2.14. The third kappa shape index (κ3) is 2.83. The Morgan fingerprint density at radius 3 is 2.90 bits per heavy atom. The highest BCUT2D eigenvalue weighted by Gasteiger charge is 2.20. The Labute approximate surface area is 125 Å². The van der Waals surface area contributed by atoms with Crippen LogP contribution < -0.4 is 5.32 Å². The van der Waals surface area contributed by atoms with Gasteiger partial charge < -0.3 is 9.88 Å². The van der Waals surface area contributed by atoms with Gasteiger partial charge in [0.15, 0.2) is 0 Å². The van der Waals surface area contributed by atoms with E-state index in [0.717, 1.165) is 11.0 Å². The summed E-state index contributed by atoms with van der Waals surface area (Å²) in [5, 5.41) is 4.28. The van der Waals surface area contributed by atoms with Gasteiger partial charge in [0.1, 0.15) is 0 Å². The smallest absolute Gasteiger partial charge is 0.203 e. The summed E-state index contributed by atoms with van der Waals surface area (Å²) in [7, 11) is 0. The van der Waals surface area contributed by atoms with Crippen LogP contribution in [0.1, 0.15) is 50.3 Å². The molecule has 1 saturated carbocycles. The maximum atomic E-state index is 6.06. The van der Waals surface area contributed by atoms with Gasteiger partial charge in [-0.05, 0) is 37.5 Å². The summed E-state index contributed by atoms with van der Waals surface area (Å²) in [5.41, 5.74) is 1.18. The highest BCUT2D eigenvalue weighted by atomic mass is 35.5. The van der Waals surface area contributed by atoms with Gasteiger partial charge in [-0.15, -0.1) is 0 Å². The summed E-state index contributed by atoms with van der Waals surface area (Å²) < 4.78 is 2.29. The van der Waals surface area contributed by atoms with E-state index in [1.165, 1.54) is 31.2 Å². The molecule has 1 N–H and O–H groups in total. The first-order chi connectivity index (χ1) is 9.74. The third-order valence-electron chi connectivity index (χ3n) is 4.08. The van der Waals surface area contributed by atoms with Crippen molar-refractivity contribution in [3.63, 3.8) is 0 Å². The van der Waals surface area contributed by atoms with E-state index in [0.29, 0.717) is 6.04 Å². The van der Waals surface area contributed by atoms with Gasteiger partial charge in [-0.25, -0.2) is 4.98 Å². The number of benzene rings is 1. The van der Waals surface area contributed by atoms with Gasteiger partial charge in [0, 0.05) is 23.5 Å². The quantitative estimate of drug-likeness (QED) is 0.874. The molecule has 0 aliphatic heterocycles. The van der Waals surface area contributed by atoms with E-state index in [-0.39, 0.29) is 6.04 Å². The first-order valence-corrected chi connectivity index (χ1v) is 7.66. The second-order valence-corrected chi connectivity index (χ2v) is 5.95. The molecule has 2 aromatic rings. The number of imidazole rings is 1. The van der Waals surface area contributed by atoms with Gasteiger partial charge in [-0.1, -0.05) is 36.6 Å². The summed E-state index contributed by atoms with van der Waals surface area (Å²) in [6, 6.07) is 8.77. The van der Waals surface area contributed by atoms with Gasteiger partial charge in [0.05, 0.1) is 6.04 Å². The minimum absolute atomic E-state index is 0.191. The molecule has 0 bridgehead atoms. The summed E-state index contributed by atoms with van der Waals surface area (Å²) in [5.74, 6) is 0.962. The average molecular weight is 290 g/mol. The zero-order chi connectivity index (χ0) is 13.9. The molecule has 0 amide bonds. The Morgan fingerprint density at radius 2 is 2.15 bits per heavy atom. The van der Waals surface area contributed by atoms with Crippen molar-refractivity contribution in [2.45, 2.75) is 44.7 Å². The molecule has 106 valence electrons. The number of nitrogens with zero attached hydrogens (tertiary/aromatic N) is 2. The number of hydrogen-bond donors (Lipinski definition) is 1. The molecule has 1 fully saturated rings. The van der Waals surface area contributed by atoms with E-state index < -0.39 is 0 Å². The molecular weight excluding hydrogens is 270 g/mol. The van der Waals surface area contributed by atoms with Gasteiger partial charge in [-0.2, -0.15) is 0 Å². The topological polar surface area (TPSA) is 29.9 Å². The van der Waals surface area contributed by atoms with E-state index >= 15 is 0 Å². The van der Waals surface area contributed by atoms with Crippen LogP contribution in [-0.2, 0) is 0 Å². The van der Waals surface area contributed by atoms with Crippen molar-refractivity contribution in [1.29, 1.82) is 0 Å². The van der Waals surface area contributed by atoms with Crippen LogP contribution in [0.5, 0.6) is 0 Å². The van der Waals surface area contributed by atoms with Crippen LogP contribution in [0.15, 0.2) is 36.7 Å². The number of aromatic nitrogens is 2. The molecule has 1 aliphatic carbocycles. The molecule has 4 heteroatoms. The Balaban J connectivity index is 1.76. The lowest BCUT2D eigenvalue weighted by Crippen LogP contribution is -2.14. The molecule has 1 aromatic carbocycles. The summed E-state index contributed by atoms with van der Waals surface area (Å²) in [6.07, 6.45) is 9.14. The van der Waals surface area contributed by atoms with Crippen LogP contribution in [0.2, 0.25) is 5.02 Å². The molecule has 0 radical (unpaired) electrons. The van der Waals surface area contributed by atoms with Crippen molar-refractivity contribution in [2.24, 2.45) is 0 Å². The monoisotopic (exact) mass is 289 g/mol. The van der Waals surface area contributed by atoms with Crippen molar-refractivity contribution in [3.8, 4) is 0 Å². The van der Waals surface area contributed by atoms with E-state index in [9.17, 15) is 0 Å². The lowest BCUT2D eigenvalue weighted by Gasteiger charge is -2.19. The van der Waals surface area contributed by atoms with Gasteiger partial charge in [0.25, 0.3) is 0 Å². The molecule has 1 unspecified atom stereocenters. The SMILES string of the molecule is CC(Nc1nccn1C1CCCC1)c1cccc(Cl)c1. The molecule has 3 rings (SSSR count). The van der Waals surface area contributed by atoms with Crippen molar-refractivity contribution >= 4 is 17.5 Å². The molecule has 1 heterocycles. The minimum atomic E-state index is 0.191. The zero-order valence-electron chi connectivity index (χ0n) is 11.7. The van der Waals surface area contributed by atoms with Crippen LogP contribution in [0.3, 0.4) is 0 Å². The van der Waals surface area contributed by atoms with Crippen LogP contribution >= 0.6 is 11.6 Å². The fourth-order valence-corrected chi connectivity index (χ4v) is 3.15. The lowest BCUT2D eigenvalue weighted by molar-refractivity contribution is 0.521. The highest BCUT2D eigenvalue weighted by molar-refractivity contribution is 6.30. The third-order valence-corrected chi connectivity index (χ3v) is 4.32. The van der Waals surface area contributed by atoms with Crippen LogP contribution in [0.4, 0.5) is 5.95 Å². The van der Waals surface area contributed by atoms with E-state index in [1.54, 1.807) is 0 Å². The Hall–Kier alpha value is -1.48. The van der Waals surface area contributed by atoms with Crippen LogP contribution in [-0.4, -0.2) is 9.55 Å². The van der Waals surface area contributed by atoms with Crippen molar-refractivity contribution < 1.29 is 0 Å². The highest BCUT2D eigenvalue weighted by Crippen LogP contribution is 2.32. The van der Waals surface area contributed by atoms with E-state index in [2.05, 4.69) is 34.1 Å². The summed E-state index contributed by atoms with van der Waals surface area (Å²) in [4.78, 5) is 4.47. The largest absolute Gasteiger partial charge is 0.349 e. The number of nitrogens with one attached hydrogen (secondary N) is 1. The maximum Gasteiger partial charge on any atom is 0.203 e. The number of hydrogen-bond acceptors (Lipinski definition) is 2. The zero-order valence-corrected chi connectivity index (χ0v) is 12.5. The first-order valence-electron chi connectivity index (χ1n) is 7.29. The molecule has 1 atom stereocenters. The normalized spacial score (nSPS) is 17.3. The molecule has 20 heavy (non-hydrogen) atoms. The predicted octanol–water partition coefficient (Wildman–Crippen LogP) is 4.82.